The molecule has 0 unspecified atom stereocenters. The van der Waals surface area contributed by atoms with E-state index in [0.717, 1.165) is 19.6 Å². The van der Waals surface area contributed by atoms with Crippen LogP contribution >= 0.6 is 11.8 Å². The summed E-state index contributed by atoms with van der Waals surface area (Å²) in [4.78, 5) is 6.61. The second-order valence-corrected chi connectivity index (χ2v) is 2.72. The largest absolute Gasteiger partial charge is 0.350 e. The Bertz CT molecular complexity index is 122. The minimum atomic E-state index is 0.990. The van der Waals surface area contributed by atoms with Crippen LogP contribution in [-0.4, -0.2) is 36.0 Å². The van der Waals surface area contributed by atoms with Gasteiger partial charge in [0.25, 0.3) is 0 Å². The molecule has 0 bridgehead atoms. The highest BCUT2D eigenvalue weighted by atomic mass is 32.2. The minimum absolute atomic E-state index is 0.990. The van der Waals surface area contributed by atoms with Crippen LogP contribution in [0, 0.1) is 0 Å². The van der Waals surface area contributed by atoms with Gasteiger partial charge in [0.05, 0.1) is 6.54 Å². The van der Waals surface area contributed by atoms with Crippen LogP contribution in [0.2, 0.25) is 0 Å². The molecule has 0 atom stereocenters. The molecule has 1 aliphatic heterocycles. The number of likely N-dealkylation sites (N-methyl/N-ethyl adjacent to an activating group) is 1. The fourth-order valence-electron chi connectivity index (χ4n) is 0.949. The number of nitrogens with zero attached hydrogens (tertiary/aromatic N) is 2. The lowest BCUT2D eigenvalue weighted by atomic mass is 10.6. The summed E-state index contributed by atoms with van der Waals surface area (Å²) < 4.78 is 0. The van der Waals surface area contributed by atoms with Gasteiger partial charge < -0.3 is 4.90 Å². The molecule has 0 aliphatic carbocycles. The molecular formula is C6H12N2S. The van der Waals surface area contributed by atoms with Crippen molar-refractivity contribution in [3.8, 4) is 0 Å². The zero-order valence-electron chi connectivity index (χ0n) is 5.92. The quantitative estimate of drug-likeness (QED) is 0.546. The molecule has 0 spiro atoms. The first-order chi connectivity index (χ1) is 4.38. The maximum atomic E-state index is 4.31. The first-order valence-corrected chi connectivity index (χ1v) is 4.44. The van der Waals surface area contributed by atoms with Crippen LogP contribution in [0.5, 0.6) is 0 Å². The number of hydrogen-bond donors (Lipinski definition) is 0. The Morgan fingerprint density at radius 3 is 3.00 bits per heavy atom. The molecule has 2 nitrogen and oxygen atoms in total. The molecule has 52 valence electrons. The summed E-state index contributed by atoms with van der Waals surface area (Å²) >= 11 is 1.74. The average Bonchev–Trinajstić information content (AvgIpc) is 2.33. The molecule has 0 aromatic rings. The van der Waals surface area contributed by atoms with Crippen molar-refractivity contribution in [2.45, 2.75) is 6.92 Å². The van der Waals surface area contributed by atoms with Crippen LogP contribution in [-0.2, 0) is 0 Å². The van der Waals surface area contributed by atoms with Gasteiger partial charge in [-0.3, -0.25) is 4.99 Å². The maximum Gasteiger partial charge on any atom is 0.159 e. The molecule has 0 fully saturated rings. The lowest BCUT2D eigenvalue weighted by Crippen LogP contribution is -2.24. The lowest BCUT2D eigenvalue weighted by molar-refractivity contribution is 0.491. The Hall–Kier alpha value is -0.180. The van der Waals surface area contributed by atoms with E-state index in [2.05, 4.69) is 23.1 Å². The Labute approximate surface area is 60.3 Å². The zero-order chi connectivity index (χ0) is 6.69. The van der Waals surface area contributed by atoms with Gasteiger partial charge >= 0.3 is 0 Å². The van der Waals surface area contributed by atoms with Gasteiger partial charge in [0.1, 0.15) is 0 Å². The van der Waals surface area contributed by atoms with Crippen LogP contribution in [0.25, 0.3) is 0 Å². The van der Waals surface area contributed by atoms with Crippen LogP contribution in [0.15, 0.2) is 4.99 Å². The van der Waals surface area contributed by atoms with E-state index < -0.39 is 0 Å². The third-order valence-corrected chi connectivity index (χ3v) is 2.20. The van der Waals surface area contributed by atoms with E-state index in [9.17, 15) is 0 Å². The van der Waals surface area contributed by atoms with E-state index in [1.807, 2.05) is 0 Å². The van der Waals surface area contributed by atoms with E-state index in [-0.39, 0.29) is 0 Å². The number of amidine groups is 1. The molecule has 0 aromatic heterocycles. The van der Waals surface area contributed by atoms with Crippen molar-refractivity contribution in [2.75, 3.05) is 25.9 Å². The van der Waals surface area contributed by atoms with Gasteiger partial charge in [-0.05, 0) is 13.2 Å². The van der Waals surface area contributed by atoms with Crippen molar-refractivity contribution in [1.29, 1.82) is 0 Å². The number of aliphatic imine (C=N–C) groups is 1. The molecule has 1 aliphatic rings. The maximum absolute atomic E-state index is 4.31. The van der Waals surface area contributed by atoms with Gasteiger partial charge in [-0.2, -0.15) is 0 Å². The molecule has 0 saturated carbocycles. The van der Waals surface area contributed by atoms with E-state index in [0.29, 0.717) is 0 Å². The number of thioether (sulfide) groups is 1. The topological polar surface area (TPSA) is 15.6 Å². The van der Waals surface area contributed by atoms with Crippen LogP contribution in [0.3, 0.4) is 0 Å². The summed E-state index contributed by atoms with van der Waals surface area (Å²) in [5, 5.41) is 1.21. The molecule has 3 heteroatoms. The summed E-state index contributed by atoms with van der Waals surface area (Å²) in [7, 11) is 0. The van der Waals surface area contributed by atoms with Crippen molar-refractivity contribution in [1.82, 2.24) is 4.90 Å². The summed E-state index contributed by atoms with van der Waals surface area (Å²) in [6.45, 7) is 5.37. The van der Waals surface area contributed by atoms with Gasteiger partial charge in [-0.25, -0.2) is 0 Å². The SMILES string of the molecule is CCN1CCN=C1SC. The van der Waals surface area contributed by atoms with Crippen molar-refractivity contribution < 1.29 is 0 Å². The summed E-state index contributed by atoms with van der Waals surface area (Å²) in [5.74, 6) is 0. The lowest BCUT2D eigenvalue weighted by Gasteiger charge is -2.14. The predicted octanol–water partition coefficient (Wildman–Crippen LogP) is 1.04. The Balaban J connectivity index is 2.47. The average molecular weight is 144 g/mol. The molecule has 9 heavy (non-hydrogen) atoms. The van der Waals surface area contributed by atoms with Crippen molar-refractivity contribution >= 4 is 16.9 Å². The fourth-order valence-corrected chi connectivity index (χ4v) is 1.65. The third-order valence-electron chi connectivity index (χ3n) is 1.45. The van der Waals surface area contributed by atoms with Gasteiger partial charge in [0.15, 0.2) is 5.17 Å². The smallest absolute Gasteiger partial charge is 0.159 e. The fraction of sp³-hybridized carbons (Fsp3) is 0.833. The normalized spacial score (nSPS) is 18.4. The summed E-state index contributed by atoms with van der Waals surface area (Å²) in [6.07, 6.45) is 2.08. The molecule has 0 saturated heterocycles. The Morgan fingerprint density at radius 1 is 1.78 bits per heavy atom. The van der Waals surface area contributed by atoms with Crippen molar-refractivity contribution in [2.24, 2.45) is 4.99 Å². The summed E-state index contributed by atoms with van der Waals surface area (Å²) in [6, 6.07) is 0. The van der Waals surface area contributed by atoms with Crippen LogP contribution in [0.1, 0.15) is 6.92 Å². The second-order valence-electron chi connectivity index (χ2n) is 1.95. The molecule has 0 N–H and O–H groups in total. The molecule has 0 aromatic carbocycles. The van der Waals surface area contributed by atoms with Gasteiger partial charge in [-0.1, -0.05) is 11.8 Å². The number of hydrogen-bond acceptors (Lipinski definition) is 3. The predicted molar refractivity (Wildman–Crippen MR) is 43.1 cm³/mol. The first kappa shape index (κ1) is 6.93. The van der Waals surface area contributed by atoms with Gasteiger partial charge in [0, 0.05) is 13.1 Å². The van der Waals surface area contributed by atoms with Crippen LogP contribution in [0.4, 0.5) is 0 Å². The van der Waals surface area contributed by atoms with E-state index in [1.54, 1.807) is 11.8 Å². The monoisotopic (exact) mass is 144 g/mol. The molecular weight excluding hydrogens is 132 g/mol. The number of rotatable bonds is 1. The third kappa shape index (κ3) is 1.39. The van der Waals surface area contributed by atoms with E-state index in [4.69, 9.17) is 0 Å². The van der Waals surface area contributed by atoms with Crippen molar-refractivity contribution in [3.05, 3.63) is 0 Å². The van der Waals surface area contributed by atoms with Crippen molar-refractivity contribution in [3.63, 3.8) is 0 Å². The molecule has 1 rings (SSSR count). The van der Waals surface area contributed by atoms with Gasteiger partial charge in [0.2, 0.25) is 0 Å². The minimum Gasteiger partial charge on any atom is -0.350 e. The molecule has 0 amide bonds. The van der Waals surface area contributed by atoms with Gasteiger partial charge in [-0.15, -0.1) is 0 Å². The van der Waals surface area contributed by atoms with Crippen LogP contribution < -0.4 is 0 Å². The standard InChI is InChI=1S/C6H12N2S/c1-3-8-5-4-7-6(8)9-2/h3-5H2,1-2H3. The Kier molecular flexibility index (Phi) is 2.39. The molecule has 0 radical (unpaired) electrons. The highest BCUT2D eigenvalue weighted by Gasteiger charge is 2.12. The Morgan fingerprint density at radius 2 is 2.56 bits per heavy atom. The summed E-state index contributed by atoms with van der Waals surface area (Å²) in [5.41, 5.74) is 0. The van der Waals surface area contributed by atoms with E-state index >= 15 is 0 Å². The zero-order valence-corrected chi connectivity index (χ0v) is 6.74. The first-order valence-electron chi connectivity index (χ1n) is 3.22. The highest BCUT2D eigenvalue weighted by molar-refractivity contribution is 8.13. The second kappa shape index (κ2) is 3.11. The van der Waals surface area contributed by atoms with E-state index in [1.165, 1.54) is 5.17 Å². The highest BCUT2D eigenvalue weighted by Crippen LogP contribution is 2.09. The molecule has 1 heterocycles.